The van der Waals surface area contributed by atoms with Gasteiger partial charge in [-0.15, -0.1) is 0 Å². The molecule has 1 rings (SSSR count). The van der Waals surface area contributed by atoms with E-state index in [4.69, 9.17) is 9.47 Å². The third kappa shape index (κ3) is 4.75. The number of hydrogen-bond donors (Lipinski definition) is 1. The van der Waals surface area contributed by atoms with E-state index in [2.05, 4.69) is 24.4 Å². The highest BCUT2D eigenvalue weighted by Gasteiger charge is 2.10. The molecule has 0 aromatic heterocycles. The molecule has 0 fully saturated rings. The first-order valence-electron chi connectivity index (χ1n) is 6.22. The Balaban J connectivity index is 2.60. The molecular weight excluding hydrogens is 214 g/mol. The number of ether oxygens (including phenoxy) is 2. The molecule has 1 atom stereocenters. The lowest BCUT2D eigenvalue weighted by Gasteiger charge is -2.18. The van der Waals surface area contributed by atoms with Gasteiger partial charge in [-0.1, -0.05) is 25.5 Å². The van der Waals surface area contributed by atoms with E-state index in [1.54, 1.807) is 7.11 Å². The second kappa shape index (κ2) is 8.09. The van der Waals surface area contributed by atoms with Gasteiger partial charge in [0, 0.05) is 13.2 Å². The first-order valence-corrected chi connectivity index (χ1v) is 6.22. The van der Waals surface area contributed by atoms with E-state index in [9.17, 15) is 0 Å². The van der Waals surface area contributed by atoms with Crippen LogP contribution < -0.4 is 10.1 Å². The predicted molar refractivity (Wildman–Crippen MR) is 70.5 cm³/mol. The maximum Gasteiger partial charge on any atom is 0.118 e. The Morgan fingerprint density at radius 1 is 1.24 bits per heavy atom. The summed E-state index contributed by atoms with van der Waals surface area (Å²) in [6.45, 7) is 3.81. The average Bonchev–Trinajstić information content (AvgIpc) is 2.38. The van der Waals surface area contributed by atoms with Crippen molar-refractivity contribution in [2.24, 2.45) is 0 Å². The molecule has 0 amide bonds. The molecule has 96 valence electrons. The van der Waals surface area contributed by atoms with Gasteiger partial charge in [-0.05, 0) is 31.2 Å². The van der Waals surface area contributed by atoms with Crippen LogP contribution in [0.2, 0.25) is 0 Å². The van der Waals surface area contributed by atoms with Crippen molar-refractivity contribution in [1.82, 2.24) is 5.32 Å². The Morgan fingerprint density at radius 2 is 1.94 bits per heavy atom. The van der Waals surface area contributed by atoms with Gasteiger partial charge >= 0.3 is 0 Å². The van der Waals surface area contributed by atoms with E-state index in [1.165, 1.54) is 5.56 Å². The molecule has 1 N–H and O–H groups in total. The van der Waals surface area contributed by atoms with Crippen LogP contribution >= 0.6 is 0 Å². The van der Waals surface area contributed by atoms with E-state index in [0.29, 0.717) is 0 Å². The number of benzene rings is 1. The summed E-state index contributed by atoms with van der Waals surface area (Å²) in [6.07, 6.45) is 2.39. The molecule has 1 aromatic rings. The maximum absolute atomic E-state index is 5.88. The number of nitrogens with one attached hydrogen (secondary N) is 1. The minimum atomic E-state index is 0.123. The summed E-state index contributed by atoms with van der Waals surface area (Å²) in [5.41, 5.74) is 1.19. The van der Waals surface area contributed by atoms with E-state index in [1.807, 2.05) is 19.2 Å². The molecule has 0 bridgehead atoms. The quantitative estimate of drug-likeness (QED) is 0.705. The number of methoxy groups -OCH3 is 1. The van der Waals surface area contributed by atoms with Crippen LogP contribution in [-0.2, 0) is 4.74 Å². The molecule has 0 aliphatic rings. The molecule has 0 aliphatic carbocycles. The van der Waals surface area contributed by atoms with Crippen LogP contribution in [-0.4, -0.2) is 27.3 Å². The molecule has 0 heterocycles. The highest BCUT2D eigenvalue weighted by molar-refractivity contribution is 5.28. The first-order chi connectivity index (χ1) is 8.31. The second-order valence-corrected chi connectivity index (χ2v) is 4.04. The third-order valence-corrected chi connectivity index (χ3v) is 2.69. The summed E-state index contributed by atoms with van der Waals surface area (Å²) in [5, 5.41) is 3.17. The normalized spacial score (nSPS) is 12.4. The highest BCUT2D eigenvalue weighted by Crippen LogP contribution is 2.20. The highest BCUT2D eigenvalue weighted by atomic mass is 16.5. The number of unbranched alkanes of at least 4 members (excludes halogenated alkanes) is 1. The molecule has 0 saturated carbocycles. The fourth-order valence-electron chi connectivity index (χ4n) is 1.65. The van der Waals surface area contributed by atoms with Crippen LogP contribution in [0.1, 0.15) is 31.4 Å². The van der Waals surface area contributed by atoms with Crippen LogP contribution in [0.4, 0.5) is 0 Å². The molecule has 3 heteroatoms. The number of hydrogen-bond acceptors (Lipinski definition) is 3. The summed E-state index contributed by atoms with van der Waals surface area (Å²) in [7, 11) is 3.62. The van der Waals surface area contributed by atoms with Crippen molar-refractivity contribution in [2.75, 3.05) is 27.3 Å². The summed E-state index contributed by atoms with van der Waals surface area (Å²) in [4.78, 5) is 0. The predicted octanol–water partition coefficient (Wildman–Crippen LogP) is 2.77. The first kappa shape index (κ1) is 14.0. The summed E-state index contributed by atoms with van der Waals surface area (Å²) in [5.74, 6) is 0.880. The van der Waals surface area contributed by atoms with Crippen LogP contribution in [0.3, 0.4) is 0 Å². The molecule has 3 nitrogen and oxygen atoms in total. The van der Waals surface area contributed by atoms with E-state index < -0.39 is 0 Å². The van der Waals surface area contributed by atoms with Crippen LogP contribution in [0.15, 0.2) is 24.3 Å². The van der Waals surface area contributed by atoms with Crippen LogP contribution in [0.25, 0.3) is 0 Å². The SMILES string of the molecule is CCCCOC(CNC)c1ccc(OC)cc1. The lowest BCUT2D eigenvalue weighted by molar-refractivity contribution is 0.0519. The van der Waals surface area contributed by atoms with Gasteiger partial charge in [0.25, 0.3) is 0 Å². The van der Waals surface area contributed by atoms with Gasteiger partial charge in [-0.2, -0.15) is 0 Å². The van der Waals surface area contributed by atoms with Gasteiger partial charge in [-0.3, -0.25) is 0 Å². The largest absolute Gasteiger partial charge is 0.497 e. The van der Waals surface area contributed by atoms with Gasteiger partial charge in [0.05, 0.1) is 13.2 Å². The lowest BCUT2D eigenvalue weighted by atomic mass is 10.1. The molecule has 1 unspecified atom stereocenters. The van der Waals surface area contributed by atoms with Crippen molar-refractivity contribution in [2.45, 2.75) is 25.9 Å². The van der Waals surface area contributed by atoms with Crippen molar-refractivity contribution < 1.29 is 9.47 Å². The molecule has 0 saturated heterocycles. The number of likely N-dealkylation sites (N-methyl/N-ethyl adjacent to an activating group) is 1. The van der Waals surface area contributed by atoms with Gasteiger partial charge in [0.15, 0.2) is 0 Å². The van der Waals surface area contributed by atoms with Gasteiger partial charge in [-0.25, -0.2) is 0 Å². The van der Waals surface area contributed by atoms with Gasteiger partial charge < -0.3 is 14.8 Å². The van der Waals surface area contributed by atoms with E-state index in [0.717, 1.165) is 31.7 Å². The van der Waals surface area contributed by atoms with Gasteiger partial charge in [0.1, 0.15) is 5.75 Å². The number of rotatable bonds is 8. The molecule has 1 aromatic carbocycles. The average molecular weight is 237 g/mol. The molecule has 17 heavy (non-hydrogen) atoms. The van der Waals surface area contributed by atoms with Crippen LogP contribution in [0.5, 0.6) is 5.75 Å². The van der Waals surface area contributed by atoms with Crippen molar-refractivity contribution in [3.8, 4) is 5.75 Å². The van der Waals surface area contributed by atoms with Gasteiger partial charge in [0.2, 0.25) is 0 Å². The Morgan fingerprint density at radius 3 is 2.47 bits per heavy atom. The summed E-state index contributed by atoms with van der Waals surface area (Å²) >= 11 is 0. The molecular formula is C14H23NO2. The minimum Gasteiger partial charge on any atom is -0.497 e. The molecule has 0 radical (unpaired) electrons. The Bertz CT molecular complexity index is 298. The zero-order valence-electron chi connectivity index (χ0n) is 11.0. The topological polar surface area (TPSA) is 30.5 Å². The minimum absolute atomic E-state index is 0.123. The van der Waals surface area contributed by atoms with Crippen molar-refractivity contribution in [3.63, 3.8) is 0 Å². The Labute approximate surface area is 104 Å². The Kier molecular flexibility index (Phi) is 6.67. The summed E-state index contributed by atoms with van der Waals surface area (Å²) in [6, 6.07) is 8.07. The smallest absolute Gasteiger partial charge is 0.118 e. The lowest BCUT2D eigenvalue weighted by Crippen LogP contribution is -2.20. The third-order valence-electron chi connectivity index (χ3n) is 2.69. The van der Waals surface area contributed by atoms with E-state index >= 15 is 0 Å². The Hall–Kier alpha value is -1.06. The van der Waals surface area contributed by atoms with Crippen molar-refractivity contribution in [3.05, 3.63) is 29.8 Å². The second-order valence-electron chi connectivity index (χ2n) is 4.04. The maximum atomic E-state index is 5.88. The fraction of sp³-hybridized carbons (Fsp3) is 0.571. The monoisotopic (exact) mass is 237 g/mol. The van der Waals surface area contributed by atoms with E-state index in [-0.39, 0.29) is 6.10 Å². The van der Waals surface area contributed by atoms with Crippen molar-refractivity contribution >= 4 is 0 Å². The fourth-order valence-corrected chi connectivity index (χ4v) is 1.65. The molecule has 0 spiro atoms. The molecule has 0 aliphatic heterocycles. The zero-order chi connectivity index (χ0) is 12.5. The standard InChI is InChI=1S/C14H23NO2/c1-4-5-10-17-14(11-15-2)12-6-8-13(16-3)9-7-12/h6-9,14-15H,4-5,10-11H2,1-3H3. The summed E-state index contributed by atoms with van der Waals surface area (Å²) < 4.78 is 11.0. The van der Waals surface area contributed by atoms with Crippen molar-refractivity contribution in [1.29, 1.82) is 0 Å². The zero-order valence-corrected chi connectivity index (χ0v) is 11.0. The van der Waals surface area contributed by atoms with Crippen LogP contribution in [0, 0.1) is 0 Å².